The molecular weight excluding hydrogens is 234 g/mol. The fraction of sp³-hybridized carbons (Fsp3) is 0.400. The first-order valence-corrected chi connectivity index (χ1v) is 5.97. The number of hydrogen-bond acceptors (Lipinski definition) is 4. The molecule has 0 heterocycles. The average molecular weight is 248 g/mol. The molecule has 0 bridgehead atoms. The SMILES string of the molecule is Nc1ccc(Cl)c(SCCOCCO)c1. The first-order valence-electron chi connectivity index (χ1n) is 4.60. The summed E-state index contributed by atoms with van der Waals surface area (Å²) in [6.45, 7) is 1.03. The van der Waals surface area contributed by atoms with Crippen LogP contribution in [0.1, 0.15) is 0 Å². The summed E-state index contributed by atoms with van der Waals surface area (Å²) in [5, 5.41) is 9.20. The summed E-state index contributed by atoms with van der Waals surface area (Å²) in [5.74, 6) is 0.795. The number of nitrogen functional groups attached to an aromatic ring is 1. The van der Waals surface area contributed by atoms with Crippen molar-refractivity contribution in [1.29, 1.82) is 0 Å². The standard InChI is InChI=1S/C10H14ClNO2S/c11-9-2-1-8(12)7-10(9)15-6-5-14-4-3-13/h1-2,7,13H,3-6,12H2. The van der Waals surface area contributed by atoms with Gasteiger partial charge in [-0.15, -0.1) is 11.8 Å². The van der Waals surface area contributed by atoms with Gasteiger partial charge in [-0.1, -0.05) is 11.6 Å². The second kappa shape index (κ2) is 6.95. The maximum absolute atomic E-state index is 8.49. The Morgan fingerprint density at radius 2 is 2.20 bits per heavy atom. The van der Waals surface area contributed by atoms with Gasteiger partial charge < -0.3 is 15.6 Å². The lowest BCUT2D eigenvalue weighted by molar-refractivity contribution is 0.103. The minimum atomic E-state index is 0.0592. The molecule has 0 amide bonds. The van der Waals surface area contributed by atoms with Crippen LogP contribution in [0.2, 0.25) is 5.02 Å². The Balaban J connectivity index is 2.33. The van der Waals surface area contributed by atoms with Crippen LogP contribution in [0.15, 0.2) is 23.1 Å². The highest BCUT2D eigenvalue weighted by Gasteiger charge is 2.01. The first-order chi connectivity index (χ1) is 7.24. The Hall–Kier alpha value is -0.420. The zero-order valence-electron chi connectivity index (χ0n) is 8.28. The predicted molar refractivity (Wildman–Crippen MR) is 64.5 cm³/mol. The Labute approximate surface area is 98.6 Å². The van der Waals surface area contributed by atoms with Crippen molar-refractivity contribution in [3.8, 4) is 0 Å². The second-order valence-electron chi connectivity index (χ2n) is 2.87. The zero-order chi connectivity index (χ0) is 11.1. The maximum atomic E-state index is 8.49. The van der Waals surface area contributed by atoms with Crippen molar-refractivity contribution in [3.63, 3.8) is 0 Å². The molecule has 0 unspecified atom stereocenters. The molecule has 0 atom stereocenters. The predicted octanol–water partition coefficient (Wildman–Crippen LogP) is 2.02. The van der Waals surface area contributed by atoms with Crippen LogP contribution < -0.4 is 5.73 Å². The van der Waals surface area contributed by atoms with E-state index in [-0.39, 0.29) is 6.61 Å². The van der Waals surface area contributed by atoms with Gasteiger partial charge in [-0.25, -0.2) is 0 Å². The summed E-state index contributed by atoms with van der Waals surface area (Å²) < 4.78 is 5.13. The molecule has 5 heteroatoms. The van der Waals surface area contributed by atoms with Crippen LogP contribution in [0.4, 0.5) is 5.69 Å². The number of halogens is 1. The van der Waals surface area contributed by atoms with Gasteiger partial charge in [-0.05, 0) is 18.2 Å². The third kappa shape index (κ3) is 4.75. The average Bonchev–Trinajstić information content (AvgIpc) is 2.23. The lowest BCUT2D eigenvalue weighted by Crippen LogP contribution is -2.02. The highest BCUT2D eigenvalue weighted by molar-refractivity contribution is 7.99. The maximum Gasteiger partial charge on any atom is 0.0698 e. The molecule has 0 aliphatic carbocycles. The third-order valence-corrected chi connectivity index (χ3v) is 3.14. The second-order valence-corrected chi connectivity index (χ2v) is 4.42. The van der Waals surface area contributed by atoms with Crippen molar-refractivity contribution < 1.29 is 9.84 Å². The number of hydrogen-bond donors (Lipinski definition) is 2. The minimum absolute atomic E-state index is 0.0592. The zero-order valence-corrected chi connectivity index (χ0v) is 9.85. The van der Waals surface area contributed by atoms with Crippen molar-refractivity contribution in [2.75, 3.05) is 31.3 Å². The Kier molecular flexibility index (Phi) is 5.86. The molecule has 84 valence electrons. The van der Waals surface area contributed by atoms with Gasteiger partial charge in [0, 0.05) is 16.3 Å². The number of aliphatic hydroxyl groups is 1. The third-order valence-electron chi connectivity index (χ3n) is 1.68. The summed E-state index contributed by atoms with van der Waals surface area (Å²) >= 11 is 7.57. The van der Waals surface area contributed by atoms with Crippen LogP contribution in [0.25, 0.3) is 0 Å². The minimum Gasteiger partial charge on any atom is -0.399 e. The lowest BCUT2D eigenvalue weighted by Gasteiger charge is -2.05. The summed E-state index contributed by atoms with van der Waals surface area (Å²) in [6.07, 6.45) is 0. The van der Waals surface area contributed by atoms with Crippen molar-refractivity contribution in [1.82, 2.24) is 0 Å². The number of aliphatic hydroxyl groups excluding tert-OH is 1. The van der Waals surface area contributed by atoms with E-state index in [9.17, 15) is 0 Å². The van der Waals surface area contributed by atoms with Crippen LogP contribution in [0.3, 0.4) is 0 Å². The van der Waals surface area contributed by atoms with E-state index in [4.69, 9.17) is 27.2 Å². The first kappa shape index (κ1) is 12.6. The molecule has 0 saturated carbocycles. The van der Waals surface area contributed by atoms with Crippen LogP contribution in [0, 0.1) is 0 Å². The Morgan fingerprint density at radius 1 is 1.40 bits per heavy atom. The van der Waals surface area contributed by atoms with E-state index >= 15 is 0 Å². The molecule has 3 nitrogen and oxygen atoms in total. The lowest BCUT2D eigenvalue weighted by atomic mass is 10.3. The van der Waals surface area contributed by atoms with Gasteiger partial charge in [-0.2, -0.15) is 0 Å². The molecular formula is C10H14ClNO2S. The number of rotatable bonds is 6. The molecule has 3 N–H and O–H groups in total. The van der Waals surface area contributed by atoms with Crippen LogP contribution >= 0.6 is 23.4 Å². The van der Waals surface area contributed by atoms with E-state index in [2.05, 4.69) is 0 Å². The summed E-state index contributed by atoms with van der Waals surface area (Å²) in [5.41, 5.74) is 6.35. The van der Waals surface area contributed by atoms with Crippen molar-refractivity contribution >= 4 is 29.1 Å². The van der Waals surface area contributed by atoms with E-state index in [1.807, 2.05) is 6.07 Å². The van der Waals surface area contributed by atoms with E-state index in [0.717, 1.165) is 10.6 Å². The van der Waals surface area contributed by atoms with Gasteiger partial charge >= 0.3 is 0 Å². The highest BCUT2D eigenvalue weighted by Crippen LogP contribution is 2.28. The number of anilines is 1. The normalized spacial score (nSPS) is 10.5. The molecule has 1 rings (SSSR count). The van der Waals surface area contributed by atoms with Gasteiger partial charge in [0.05, 0.1) is 24.8 Å². The van der Waals surface area contributed by atoms with Crippen LogP contribution in [-0.2, 0) is 4.74 Å². The van der Waals surface area contributed by atoms with Crippen LogP contribution in [0.5, 0.6) is 0 Å². The molecule has 0 aromatic heterocycles. The topological polar surface area (TPSA) is 55.5 Å². The Morgan fingerprint density at radius 3 is 2.93 bits per heavy atom. The summed E-state index contributed by atoms with van der Waals surface area (Å²) in [7, 11) is 0. The van der Waals surface area contributed by atoms with Crippen molar-refractivity contribution in [2.24, 2.45) is 0 Å². The smallest absolute Gasteiger partial charge is 0.0698 e. The molecule has 1 aromatic carbocycles. The quantitative estimate of drug-likeness (QED) is 0.459. The number of nitrogens with two attached hydrogens (primary N) is 1. The highest BCUT2D eigenvalue weighted by atomic mass is 35.5. The van der Waals surface area contributed by atoms with Gasteiger partial charge in [0.25, 0.3) is 0 Å². The van der Waals surface area contributed by atoms with E-state index in [1.54, 1.807) is 23.9 Å². The van der Waals surface area contributed by atoms with Crippen molar-refractivity contribution in [2.45, 2.75) is 4.90 Å². The Bertz CT molecular complexity index is 309. The van der Waals surface area contributed by atoms with Crippen molar-refractivity contribution in [3.05, 3.63) is 23.2 Å². The summed E-state index contributed by atoms with van der Waals surface area (Å²) in [4.78, 5) is 0.962. The molecule has 0 aliphatic heterocycles. The molecule has 0 saturated heterocycles. The number of thioether (sulfide) groups is 1. The molecule has 0 aliphatic rings. The monoisotopic (exact) mass is 247 g/mol. The van der Waals surface area contributed by atoms with Gasteiger partial charge in [0.15, 0.2) is 0 Å². The van der Waals surface area contributed by atoms with E-state index in [0.29, 0.717) is 23.9 Å². The van der Waals surface area contributed by atoms with E-state index < -0.39 is 0 Å². The fourth-order valence-corrected chi connectivity index (χ4v) is 2.14. The number of benzene rings is 1. The van der Waals surface area contributed by atoms with E-state index in [1.165, 1.54) is 0 Å². The van der Waals surface area contributed by atoms with Gasteiger partial charge in [0.1, 0.15) is 0 Å². The number of ether oxygens (including phenoxy) is 1. The van der Waals surface area contributed by atoms with Gasteiger partial charge in [0.2, 0.25) is 0 Å². The van der Waals surface area contributed by atoms with Crippen LogP contribution in [-0.4, -0.2) is 30.7 Å². The summed E-state index contributed by atoms with van der Waals surface area (Å²) in [6, 6.07) is 5.40. The molecule has 0 fully saturated rings. The molecule has 0 radical (unpaired) electrons. The fourth-order valence-electron chi connectivity index (χ4n) is 1.01. The molecule has 0 spiro atoms. The molecule has 1 aromatic rings. The van der Waals surface area contributed by atoms with Gasteiger partial charge in [-0.3, -0.25) is 0 Å². The molecule has 15 heavy (non-hydrogen) atoms. The largest absolute Gasteiger partial charge is 0.399 e.